The lowest BCUT2D eigenvalue weighted by Gasteiger charge is -2.29. The summed E-state index contributed by atoms with van der Waals surface area (Å²) in [5.41, 5.74) is 5.07. The smallest absolute Gasteiger partial charge is 0.339 e. The van der Waals surface area contributed by atoms with E-state index in [4.69, 9.17) is 25.3 Å². The Morgan fingerprint density at radius 3 is 1.78 bits per heavy atom. The highest BCUT2D eigenvalue weighted by molar-refractivity contribution is 7.52. The highest BCUT2D eigenvalue weighted by atomic mass is 31.2. The lowest BCUT2D eigenvalue weighted by atomic mass is 10.1. The molecule has 0 aliphatic carbocycles. The van der Waals surface area contributed by atoms with Crippen molar-refractivity contribution >= 4 is 21.1 Å². The van der Waals surface area contributed by atoms with Gasteiger partial charge < -0.3 is 25.3 Å². The Labute approximate surface area is 104 Å². The summed E-state index contributed by atoms with van der Waals surface area (Å²) in [5, 5.41) is 0. The number of carbonyl (C=O) groups excluding carboxylic acids is 1. The SMILES string of the molecule is CCCC(C(N)=O)N(CP(=O)(O)O)CP(=O)(O)O. The van der Waals surface area contributed by atoms with Gasteiger partial charge in [0.1, 0.15) is 12.6 Å². The molecule has 0 aliphatic rings. The molecule has 0 radical (unpaired) electrons. The molecule has 0 rings (SSSR count). The van der Waals surface area contributed by atoms with Gasteiger partial charge in [0.2, 0.25) is 5.91 Å². The van der Waals surface area contributed by atoms with E-state index in [0.717, 1.165) is 4.90 Å². The first kappa shape index (κ1) is 17.7. The van der Waals surface area contributed by atoms with Crippen LogP contribution in [0.5, 0.6) is 0 Å². The molecule has 1 atom stereocenters. The molecule has 11 heteroatoms. The number of amides is 1. The third-order valence-corrected chi connectivity index (χ3v) is 3.53. The fraction of sp³-hybridized carbons (Fsp3) is 0.857. The van der Waals surface area contributed by atoms with Crippen LogP contribution in [-0.2, 0) is 13.9 Å². The fourth-order valence-electron chi connectivity index (χ4n) is 1.49. The number of nitrogens with two attached hydrogens (primary N) is 1. The van der Waals surface area contributed by atoms with E-state index in [9.17, 15) is 13.9 Å². The molecule has 0 heterocycles. The van der Waals surface area contributed by atoms with Gasteiger partial charge in [0.25, 0.3) is 0 Å². The summed E-state index contributed by atoms with van der Waals surface area (Å²) in [7, 11) is -9.10. The first-order valence-electron chi connectivity index (χ1n) is 5.09. The molecular formula is C7H18N2O7P2. The van der Waals surface area contributed by atoms with Crippen molar-refractivity contribution in [1.82, 2.24) is 4.90 Å². The molecule has 1 amide bonds. The van der Waals surface area contributed by atoms with E-state index in [2.05, 4.69) is 0 Å². The third kappa shape index (κ3) is 7.94. The fourth-order valence-corrected chi connectivity index (χ4v) is 3.19. The Bertz CT molecular complexity index is 352. The van der Waals surface area contributed by atoms with Crippen LogP contribution in [-0.4, -0.2) is 49.0 Å². The highest BCUT2D eigenvalue weighted by Gasteiger charge is 2.33. The monoisotopic (exact) mass is 304 g/mol. The molecule has 0 spiro atoms. The molecule has 0 aromatic heterocycles. The second-order valence-corrected chi connectivity index (χ2v) is 7.13. The first-order valence-corrected chi connectivity index (χ1v) is 8.68. The van der Waals surface area contributed by atoms with Crippen LogP contribution >= 0.6 is 15.2 Å². The molecule has 0 aliphatic heterocycles. The lowest BCUT2D eigenvalue weighted by Crippen LogP contribution is -2.45. The predicted octanol–water partition coefficient (Wildman–Crippen LogP) is -0.787. The maximum absolute atomic E-state index is 11.2. The van der Waals surface area contributed by atoms with Crippen LogP contribution in [0, 0.1) is 0 Å². The summed E-state index contributed by atoms with van der Waals surface area (Å²) < 4.78 is 21.8. The molecule has 0 fully saturated rings. The molecule has 18 heavy (non-hydrogen) atoms. The minimum absolute atomic E-state index is 0.162. The Hall–Kier alpha value is -0.270. The number of primary amides is 1. The van der Waals surface area contributed by atoms with Crippen LogP contribution in [0.4, 0.5) is 0 Å². The molecule has 6 N–H and O–H groups in total. The Morgan fingerprint density at radius 1 is 1.17 bits per heavy atom. The van der Waals surface area contributed by atoms with E-state index in [0.29, 0.717) is 6.42 Å². The zero-order valence-corrected chi connectivity index (χ0v) is 11.6. The van der Waals surface area contributed by atoms with Crippen molar-refractivity contribution in [2.45, 2.75) is 25.8 Å². The number of nitrogens with zero attached hydrogens (tertiary/aromatic N) is 1. The van der Waals surface area contributed by atoms with Crippen molar-refractivity contribution in [2.24, 2.45) is 5.73 Å². The lowest BCUT2D eigenvalue weighted by molar-refractivity contribution is -0.122. The largest absolute Gasteiger partial charge is 0.368 e. The van der Waals surface area contributed by atoms with Gasteiger partial charge in [0.05, 0.1) is 6.04 Å². The summed E-state index contributed by atoms with van der Waals surface area (Å²) >= 11 is 0. The van der Waals surface area contributed by atoms with Crippen molar-refractivity contribution in [2.75, 3.05) is 12.6 Å². The minimum atomic E-state index is -4.55. The van der Waals surface area contributed by atoms with Gasteiger partial charge >= 0.3 is 15.2 Å². The number of carbonyl (C=O) groups is 1. The number of hydrogen-bond donors (Lipinski definition) is 5. The van der Waals surface area contributed by atoms with Gasteiger partial charge in [-0.15, -0.1) is 0 Å². The minimum Gasteiger partial charge on any atom is -0.368 e. The Balaban J connectivity index is 5.09. The maximum atomic E-state index is 11.2. The van der Waals surface area contributed by atoms with E-state index in [1.807, 2.05) is 0 Å². The van der Waals surface area contributed by atoms with Gasteiger partial charge in [-0.1, -0.05) is 13.3 Å². The summed E-state index contributed by atoms with van der Waals surface area (Å²) in [6.45, 7) is 1.71. The normalized spacial score (nSPS) is 14.8. The molecule has 0 aromatic rings. The molecule has 1 unspecified atom stereocenters. The summed E-state index contributed by atoms with van der Waals surface area (Å²) in [4.78, 5) is 47.3. The molecule has 0 aromatic carbocycles. The zero-order chi connectivity index (χ0) is 14.6. The van der Waals surface area contributed by atoms with Crippen molar-refractivity contribution < 1.29 is 33.5 Å². The van der Waals surface area contributed by atoms with Crippen molar-refractivity contribution in [3.05, 3.63) is 0 Å². The van der Waals surface area contributed by atoms with Crippen molar-refractivity contribution in [1.29, 1.82) is 0 Å². The van der Waals surface area contributed by atoms with E-state index < -0.39 is 39.7 Å². The van der Waals surface area contributed by atoms with E-state index in [1.54, 1.807) is 6.92 Å². The Kier molecular flexibility index (Phi) is 6.67. The third-order valence-electron chi connectivity index (χ3n) is 2.06. The van der Waals surface area contributed by atoms with Gasteiger partial charge in [0, 0.05) is 0 Å². The molecular weight excluding hydrogens is 286 g/mol. The highest BCUT2D eigenvalue weighted by Crippen LogP contribution is 2.41. The average Bonchev–Trinajstić information content (AvgIpc) is 2.07. The maximum Gasteiger partial charge on any atom is 0.339 e. The van der Waals surface area contributed by atoms with E-state index in [1.165, 1.54) is 0 Å². The number of hydrogen-bond acceptors (Lipinski definition) is 4. The summed E-state index contributed by atoms with van der Waals surface area (Å²) in [6, 6.07) is -1.12. The zero-order valence-electron chi connectivity index (χ0n) is 9.84. The van der Waals surface area contributed by atoms with Gasteiger partial charge in [-0.25, -0.2) is 0 Å². The van der Waals surface area contributed by atoms with Crippen LogP contribution < -0.4 is 5.73 Å². The van der Waals surface area contributed by atoms with Gasteiger partial charge in [-0.2, -0.15) is 0 Å². The average molecular weight is 304 g/mol. The van der Waals surface area contributed by atoms with Crippen LogP contribution in [0.25, 0.3) is 0 Å². The Morgan fingerprint density at radius 2 is 1.56 bits per heavy atom. The molecule has 0 saturated heterocycles. The van der Waals surface area contributed by atoms with E-state index >= 15 is 0 Å². The van der Waals surface area contributed by atoms with Gasteiger partial charge in [-0.3, -0.25) is 18.8 Å². The summed E-state index contributed by atoms with van der Waals surface area (Å²) in [6.07, 6.45) is -1.21. The van der Waals surface area contributed by atoms with Crippen LogP contribution in [0.15, 0.2) is 0 Å². The van der Waals surface area contributed by atoms with E-state index in [-0.39, 0.29) is 6.42 Å². The molecule has 9 nitrogen and oxygen atoms in total. The quantitative estimate of drug-likeness (QED) is 0.364. The first-order chi connectivity index (χ1) is 7.96. The van der Waals surface area contributed by atoms with Crippen LogP contribution in [0.2, 0.25) is 0 Å². The van der Waals surface area contributed by atoms with Crippen LogP contribution in [0.3, 0.4) is 0 Å². The second-order valence-electron chi connectivity index (χ2n) is 3.91. The topological polar surface area (TPSA) is 161 Å². The van der Waals surface area contributed by atoms with Gasteiger partial charge in [-0.05, 0) is 6.42 Å². The molecule has 0 bridgehead atoms. The molecule has 108 valence electrons. The van der Waals surface area contributed by atoms with Crippen molar-refractivity contribution in [3.8, 4) is 0 Å². The molecule has 0 saturated carbocycles. The number of rotatable bonds is 8. The van der Waals surface area contributed by atoms with Crippen molar-refractivity contribution in [3.63, 3.8) is 0 Å². The predicted molar refractivity (Wildman–Crippen MR) is 63.6 cm³/mol. The second kappa shape index (κ2) is 6.77. The summed E-state index contributed by atoms with van der Waals surface area (Å²) in [5.74, 6) is -0.876. The standard InChI is InChI=1S/C7H18N2O7P2/c1-2-3-6(7(8)10)9(4-17(11,12)13)5-18(14,15)16/h6H,2-5H2,1H3,(H2,8,10)(H2,11,12,13)(H2,14,15,16). The van der Waals surface area contributed by atoms with Gasteiger partial charge in [0.15, 0.2) is 0 Å². The van der Waals surface area contributed by atoms with Crippen LogP contribution in [0.1, 0.15) is 19.8 Å².